The van der Waals surface area contributed by atoms with Crippen molar-refractivity contribution in [2.24, 2.45) is 7.05 Å². The number of allylic oxidation sites excluding steroid dienone is 3. The molecule has 1 heterocycles. The van der Waals surface area contributed by atoms with E-state index >= 15 is 0 Å². The maximum Gasteiger partial charge on any atom is 0.0632 e. The SMILES string of the molecule is C/C=C\C.CC/C=C/c1c(C)cnn1C. The van der Waals surface area contributed by atoms with E-state index < -0.39 is 0 Å². The van der Waals surface area contributed by atoms with E-state index in [9.17, 15) is 0 Å². The normalized spacial score (nSPS) is 10.7. The molecule has 0 atom stereocenters. The van der Waals surface area contributed by atoms with Crippen molar-refractivity contribution in [1.82, 2.24) is 9.78 Å². The Morgan fingerprint density at radius 3 is 2.27 bits per heavy atom. The summed E-state index contributed by atoms with van der Waals surface area (Å²) in [6.45, 7) is 8.20. The third-order valence-corrected chi connectivity index (χ3v) is 2.02. The fraction of sp³-hybridized carbons (Fsp3) is 0.462. The van der Waals surface area contributed by atoms with Crippen LogP contribution in [0.2, 0.25) is 0 Å². The summed E-state index contributed by atoms with van der Waals surface area (Å²) in [7, 11) is 1.96. The smallest absolute Gasteiger partial charge is 0.0632 e. The van der Waals surface area contributed by atoms with E-state index in [1.54, 1.807) is 0 Å². The van der Waals surface area contributed by atoms with Gasteiger partial charge in [0.2, 0.25) is 0 Å². The fourth-order valence-electron chi connectivity index (χ4n) is 1.03. The summed E-state index contributed by atoms with van der Waals surface area (Å²) in [6, 6.07) is 0. The Morgan fingerprint density at radius 2 is 1.93 bits per heavy atom. The van der Waals surface area contributed by atoms with E-state index in [1.165, 1.54) is 11.3 Å². The van der Waals surface area contributed by atoms with Gasteiger partial charge in [0.05, 0.1) is 11.9 Å². The van der Waals surface area contributed by atoms with Gasteiger partial charge in [-0.15, -0.1) is 0 Å². The van der Waals surface area contributed by atoms with Gasteiger partial charge in [0.1, 0.15) is 0 Å². The van der Waals surface area contributed by atoms with Gasteiger partial charge in [0.15, 0.2) is 0 Å². The molecule has 1 rings (SSSR count). The van der Waals surface area contributed by atoms with Crippen LogP contribution in [0.3, 0.4) is 0 Å². The van der Waals surface area contributed by atoms with Crippen LogP contribution in [-0.2, 0) is 7.05 Å². The number of aromatic nitrogens is 2. The largest absolute Gasteiger partial charge is 0.268 e. The number of aryl methyl sites for hydroxylation is 2. The molecule has 0 aliphatic rings. The molecule has 2 nitrogen and oxygen atoms in total. The minimum atomic E-state index is 1.07. The summed E-state index contributed by atoms with van der Waals surface area (Å²) in [4.78, 5) is 0. The first-order valence-corrected chi connectivity index (χ1v) is 5.39. The molecule has 0 fully saturated rings. The van der Waals surface area contributed by atoms with Crippen LogP contribution in [0, 0.1) is 6.92 Å². The molecular formula is C13H22N2. The van der Waals surface area contributed by atoms with Gasteiger partial charge >= 0.3 is 0 Å². The summed E-state index contributed by atoms with van der Waals surface area (Å²) in [5, 5.41) is 4.13. The number of nitrogens with zero attached hydrogens (tertiary/aromatic N) is 2. The zero-order valence-corrected chi connectivity index (χ0v) is 10.5. The quantitative estimate of drug-likeness (QED) is 0.674. The van der Waals surface area contributed by atoms with Crippen molar-refractivity contribution in [2.75, 3.05) is 0 Å². The first kappa shape index (κ1) is 13.7. The summed E-state index contributed by atoms with van der Waals surface area (Å²) in [5.74, 6) is 0. The van der Waals surface area contributed by atoms with E-state index in [1.807, 2.05) is 43.9 Å². The molecule has 2 heteroatoms. The highest BCUT2D eigenvalue weighted by Gasteiger charge is 1.97. The molecule has 0 aliphatic carbocycles. The predicted octanol–water partition coefficient (Wildman–Crippen LogP) is 3.73. The Hall–Kier alpha value is -1.31. The van der Waals surface area contributed by atoms with E-state index in [4.69, 9.17) is 0 Å². The molecule has 0 spiro atoms. The lowest BCUT2D eigenvalue weighted by atomic mass is 10.2. The Labute approximate surface area is 93.3 Å². The number of hydrogen-bond acceptors (Lipinski definition) is 1. The van der Waals surface area contributed by atoms with Crippen LogP contribution >= 0.6 is 0 Å². The van der Waals surface area contributed by atoms with Crippen molar-refractivity contribution in [3.63, 3.8) is 0 Å². The third-order valence-electron chi connectivity index (χ3n) is 2.02. The molecule has 0 unspecified atom stereocenters. The van der Waals surface area contributed by atoms with Gasteiger partial charge in [-0.05, 0) is 38.8 Å². The average molecular weight is 206 g/mol. The second-order valence-electron chi connectivity index (χ2n) is 3.31. The lowest BCUT2D eigenvalue weighted by Gasteiger charge is -1.94. The van der Waals surface area contributed by atoms with Crippen molar-refractivity contribution in [2.45, 2.75) is 34.1 Å². The maximum absolute atomic E-state index is 4.13. The van der Waals surface area contributed by atoms with Crippen molar-refractivity contribution in [3.8, 4) is 0 Å². The van der Waals surface area contributed by atoms with Crippen molar-refractivity contribution in [1.29, 1.82) is 0 Å². The van der Waals surface area contributed by atoms with Crippen molar-refractivity contribution >= 4 is 6.08 Å². The van der Waals surface area contributed by atoms with Crippen LogP contribution in [-0.4, -0.2) is 9.78 Å². The van der Waals surface area contributed by atoms with Gasteiger partial charge < -0.3 is 0 Å². The van der Waals surface area contributed by atoms with E-state index in [0.717, 1.165) is 6.42 Å². The zero-order valence-electron chi connectivity index (χ0n) is 10.5. The number of hydrogen-bond donors (Lipinski definition) is 0. The lowest BCUT2D eigenvalue weighted by Crippen LogP contribution is -1.92. The molecule has 15 heavy (non-hydrogen) atoms. The van der Waals surface area contributed by atoms with E-state index in [-0.39, 0.29) is 0 Å². The number of rotatable bonds is 2. The second-order valence-corrected chi connectivity index (χ2v) is 3.31. The maximum atomic E-state index is 4.13. The van der Waals surface area contributed by atoms with Crippen molar-refractivity contribution in [3.05, 3.63) is 35.7 Å². The van der Waals surface area contributed by atoms with Gasteiger partial charge in [-0.25, -0.2) is 0 Å². The van der Waals surface area contributed by atoms with Crippen LogP contribution in [0.4, 0.5) is 0 Å². The van der Waals surface area contributed by atoms with Crippen molar-refractivity contribution < 1.29 is 0 Å². The van der Waals surface area contributed by atoms with Crippen LogP contribution < -0.4 is 0 Å². The summed E-state index contributed by atoms with van der Waals surface area (Å²) >= 11 is 0. The van der Waals surface area contributed by atoms with E-state index in [0.29, 0.717) is 0 Å². The minimum Gasteiger partial charge on any atom is -0.268 e. The van der Waals surface area contributed by atoms with Crippen LogP contribution in [0.15, 0.2) is 24.4 Å². The highest BCUT2D eigenvalue weighted by Crippen LogP contribution is 2.07. The summed E-state index contributed by atoms with van der Waals surface area (Å²) < 4.78 is 1.89. The molecule has 0 saturated carbocycles. The molecule has 1 aromatic heterocycles. The zero-order chi connectivity index (χ0) is 11.7. The highest BCUT2D eigenvalue weighted by atomic mass is 15.3. The van der Waals surface area contributed by atoms with Crippen LogP contribution in [0.5, 0.6) is 0 Å². The summed E-state index contributed by atoms with van der Waals surface area (Å²) in [5.41, 5.74) is 2.43. The molecule has 84 valence electrons. The predicted molar refractivity (Wildman–Crippen MR) is 67.8 cm³/mol. The molecule has 0 N–H and O–H groups in total. The molecule has 1 aromatic rings. The molecule has 0 saturated heterocycles. The third kappa shape index (κ3) is 5.21. The minimum absolute atomic E-state index is 1.07. The monoisotopic (exact) mass is 206 g/mol. The summed E-state index contributed by atoms with van der Waals surface area (Å²) in [6.07, 6.45) is 11.2. The molecule has 0 amide bonds. The van der Waals surface area contributed by atoms with Gasteiger partial charge in [0.25, 0.3) is 0 Å². The Bertz CT molecular complexity index is 296. The lowest BCUT2D eigenvalue weighted by molar-refractivity contribution is 0.759. The molecule has 0 bridgehead atoms. The van der Waals surface area contributed by atoms with Crippen LogP contribution in [0.1, 0.15) is 38.4 Å². The average Bonchev–Trinajstić information content (AvgIpc) is 2.57. The molecule has 0 radical (unpaired) electrons. The van der Waals surface area contributed by atoms with Gasteiger partial charge in [0, 0.05) is 7.05 Å². The first-order chi connectivity index (χ1) is 7.17. The Kier molecular flexibility index (Phi) is 7.33. The molecule has 0 aliphatic heterocycles. The first-order valence-electron chi connectivity index (χ1n) is 5.39. The van der Waals surface area contributed by atoms with Gasteiger partial charge in [-0.3, -0.25) is 4.68 Å². The standard InChI is InChI=1S/C9H14N2.C4H8/c1-4-5-6-9-8(2)7-10-11(9)3;1-3-4-2/h5-7H,4H2,1-3H3;3-4H,1-2H3/b6-5+;4-3-. The van der Waals surface area contributed by atoms with Gasteiger partial charge in [-0.2, -0.15) is 5.10 Å². The van der Waals surface area contributed by atoms with E-state index in [2.05, 4.69) is 31.1 Å². The Balaban J connectivity index is 0.000000423. The second kappa shape index (κ2) is 8.04. The molecular weight excluding hydrogens is 184 g/mol. The fourth-order valence-corrected chi connectivity index (χ4v) is 1.03. The van der Waals surface area contributed by atoms with Crippen LogP contribution in [0.25, 0.3) is 6.08 Å². The van der Waals surface area contributed by atoms with Gasteiger partial charge in [-0.1, -0.05) is 25.2 Å². The Morgan fingerprint density at radius 1 is 1.33 bits per heavy atom. The molecule has 0 aromatic carbocycles. The topological polar surface area (TPSA) is 17.8 Å². The highest BCUT2D eigenvalue weighted by molar-refractivity contribution is 5.48.